The van der Waals surface area contributed by atoms with Crippen molar-refractivity contribution in [3.63, 3.8) is 0 Å². The molecule has 2 N–H and O–H groups in total. The van der Waals surface area contributed by atoms with E-state index in [1.54, 1.807) is 24.4 Å². The smallest absolute Gasteiger partial charge is 0.410 e. The van der Waals surface area contributed by atoms with Gasteiger partial charge in [0, 0.05) is 12.8 Å². The molecule has 0 aliphatic carbocycles. The summed E-state index contributed by atoms with van der Waals surface area (Å²) in [4.78, 5) is 14.3. The van der Waals surface area contributed by atoms with Crippen molar-refractivity contribution in [1.82, 2.24) is 14.7 Å². The number of likely N-dealkylation sites (tertiary alicyclic amines) is 1. The number of nitrogens with two attached hydrogens (primary N) is 1. The van der Waals surface area contributed by atoms with E-state index in [-0.39, 0.29) is 12.1 Å². The zero-order chi connectivity index (χ0) is 22.8. The van der Waals surface area contributed by atoms with E-state index in [1.165, 1.54) is 0 Å². The van der Waals surface area contributed by atoms with Crippen LogP contribution in [0.5, 0.6) is 5.75 Å². The largest absolute Gasteiger partial charge is 0.497 e. The Morgan fingerprint density at radius 3 is 2.55 bits per heavy atom. The molecule has 3 rings (SSSR count). The molecule has 0 spiro atoms. The molecule has 8 heteroatoms. The van der Waals surface area contributed by atoms with E-state index in [0.29, 0.717) is 31.3 Å². The zero-order valence-corrected chi connectivity index (χ0v) is 19.3. The van der Waals surface area contributed by atoms with Crippen molar-refractivity contribution in [3.05, 3.63) is 42.2 Å². The van der Waals surface area contributed by atoms with E-state index >= 15 is 0 Å². The van der Waals surface area contributed by atoms with Gasteiger partial charge in [0.25, 0.3) is 0 Å². The summed E-state index contributed by atoms with van der Waals surface area (Å²) in [6.07, 6.45) is 3.06. The van der Waals surface area contributed by atoms with Gasteiger partial charge in [-0.05, 0) is 44.4 Å². The minimum atomic E-state index is -0.675. The summed E-state index contributed by atoms with van der Waals surface area (Å²) in [6.45, 7) is 11.1. The second kappa shape index (κ2) is 8.78. The number of carbonyl (C=O) groups is 1. The number of benzene rings is 1. The first-order valence-electron chi connectivity index (χ1n) is 10.6. The number of aromatic nitrogens is 2. The number of rotatable bonds is 7. The van der Waals surface area contributed by atoms with Crippen molar-refractivity contribution in [2.24, 2.45) is 5.92 Å². The van der Waals surface area contributed by atoms with Crippen LogP contribution in [0.4, 0.5) is 10.5 Å². The Balaban J connectivity index is 1.98. The summed E-state index contributed by atoms with van der Waals surface area (Å²) in [5.41, 5.74) is 6.29. The maximum atomic E-state index is 12.7. The normalized spacial score (nSPS) is 16.7. The van der Waals surface area contributed by atoms with E-state index in [0.717, 1.165) is 11.3 Å². The fourth-order valence-corrected chi connectivity index (χ4v) is 3.73. The van der Waals surface area contributed by atoms with Crippen LogP contribution in [0.15, 0.2) is 36.7 Å². The van der Waals surface area contributed by atoms with Crippen LogP contribution in [0.2, 0.25) is 0 Å². The lowest BCUT2D eigenvalue weighted by atomic mass is 9.81. The molecule has 1 saturated heterocycles. The summed E-state index contributed by atoms with van der Waals surface area (Å²) < 4.78 is 19.3. The van der Waals surface area contributed by atoms with Crippen molar-refractivity contribution >= 4 is 11.8 Å². The second-order valence-electron chi connectivity index (χ2n) is 9.54. The number of ether oxygens (including phenoxy) is 3. The first-order valence-corrected chi connectivity index (χ1v) is 10.6. The van der Waals surface area contributed by atoms with Crippen LogP contribution < -0.4 is 10.5 Å². The van der Waals surface area contributed by atoms with Gasteiger partial charge in [-0.3, -0.25) is 4.68 Å². The average molecular weight is 431 g/mol. The summed E-state index contributed by atoms with van der Waals surface area (Å²) in [5.74, 6) is 1.08. The lowest BCUT2D eigenvalue weighted by Crippen LogP contribution is -2.69. The lowest BCUT2D eigenvalue weighted by Gasteiger charge is -2.53. The molecule has 1 aliphatic heterocycles. The molecule has 1 amide bonds. The standard InChI is InChI=1S/C23H34N4O4/c1-16(2)13-30-23(14-26(15-23)21(28)31-22(3,4)5)20(27-12-18(24)11-25-27)17-8-7-9-19(10-17)29-6/h7-12,16,20H,13-15,24H2,1-6H3. The van der Waals surface area contributed by atoms with Crippen LogP contribution in [0.3, 0.4) is 0 Å². The molecule has 8 nitrogen and oxygen atoms in total. The number of hydrogen-bond donors (Lipinski definition) is 1. The lowest BCUT2D eigenvalue weighted by molar-refractivity contribution is -0.165. The molecule has 2 heterocycles. The van der Waals surface area contributed by atoms with Gasteiger partial charge in [-0.15, -0.1) is 0 Å². The molecular formula is C23H34N4O4. The highest BCUT2D eigenvalue weighted by Crippen LogP contribution is 2.42. The van der Waals surface area contributed by atoms with Crippen LogP contribution in [0.1, 0.15) is 46.2 Å². The number of amides is 1. The SMILES string of the molecule is COc1cccc(C(n2cc(N)cn2)C2(OCC(C)C)CN(C(=O)OC(C)(C)C)C2)c1. The van der Waals surface area contributed by atoms with Gasteiger partial charge in [-0.25, -0.2) is 4.79 Å². The Kier molecular flexibility index (Phi) is 6.50. The highest BCUT2D eigenvalue weighted by Gasteiger charge is 2.54. The van der Waals surface area contributed by atoms with Gasteiger partial charge in [0.2, 0.25) is 0 Å². The fraction of sp³-hybridized carbons (Fsp3) is 0.565. The van der Waals surface area contributed by atoms with Crippen molar-refractivity contribution < 1.29 is 19.0 Å². The molecular weight excluding hydrogens is 396 g/mol. The topological polar surface area (TPSA) is 91.8 Å². The molecule has 170 valence electrons. The Morgan fingerprint density at radius 2 is 2.00 bits per heavy atom. The molecule has 1 fully saturated rings. The molecule has 1 aliphatic rings. The maximum absolute atomic E-state index is 12.7. The van der Waals surface area contributed by atoms with Crippen molar-refractivity contribution in [2.75, 3.05) is 32.5 Å². The van der Waals surface area contributed by atoms with Gasteiger partial charge < -0.3 is 24.8 Å². The minimum Gasteiger partial charge on any atom is -0.497 e. The van der Waals surface area contributed by atoms with Crippen molar-refractivity contribution in [2.45, 2.75) is 51.9 Å². The quantitative estimate of drug-likeness (QED) is 0.720. The van der Waals surface area contributed by atoms with Crippen LogP contribution in [-0.2, 0) is 9.47 Å². The minimum absolute atomic E-state index is 0.294. The van der Waals surface area contributed by atoms with E-state index < -0.39 is 11.2 Å². The van der Waals surface area contributed by atoms with E-state index in [4.69, 9.17) is 19.9 Å². The number of methoxy groups -OCH3 is 1. The van der Waals surface area contributed by atoms with Gasteiger partial charge >= 0.3 is 6.09 Å². The third-order valence-corrected chi connectivity index (χ3v) is 5.07. The molecule has 0 radical (unpaired) electrons. The predicted molar refractivity (Wildman–Crippen MR) is 119 cm³/mol. The molecule has 31 heavy (non-hydrogen) atoms. The van der Waals surface area contributed by atoms with Crippen LogP contribution in [0.25, 0.3) is 0 Å². The number of carbonyl (C=O) groups excluding carboxylic acids is 1. The summed E-state index contributed by atoms with van der Waals surface area (Å²) in [6, 6.07) is 7.53. The van der Waals surface area contributed by atoms with E-state index in [2.05, 4.69) is 18.9 Å². The van der Waals surface area contributed by atoms with Crippen LogP contribution >= 0.6 is 0 Å². The predicted octanol–water partition coefficient (Wildman–Crippen LogP) is 3.73. The van der Waals surface area contributed by atoms with Gasteiger partial charge in [0.1, 0.15) is 23.0 Å². The van der Waals surface area contributed by atoms with Crippen LogP contribution in [-0.4, -0.2) is 58.8 Å². The van der Waals surface area contributed by atoms with Gasteiger partial charge in [-0.2, -0.15) is 5.10 Å². The Hall–Kier alpha value is -2.74. The van der Waals surface area contributed by atoms with E-state index in [1.807, 2.05) is 49.7 Å². The summed E-state index contributed by atoms with van der Waals surface area (Å²) in [7, 11) is 1.64. The summed E-state index contributed by atoms with van der Waals surface area (Å²) in [5, 5.41) is 4.49. The number of nitrogens with zero attached hydrogens (tertiary/aromatic N) is 3. The maximum Gasteiger partial charge on any atom is 0.410 e. The third-order valence-electron chi connectivity index (χ3n) is 5.07. The Labute approximate surface area is 184 Å². The number of nitrogen functional groups attached to an aromatic ring is 1. The van der Waals surface area contributed by atoms with E-state index in [9.17, 15) is 4.79 Å². The van der Waals surface area contributed by atoms with Crippen LogP contribution in [0, 0.1) is 5.92 Å². The van der Waals surface area contributed by atoms with Gasteiger partial charge in [0.05, 0.1) is 32.1 Å². The third kappa shape index (κ3) is 5.31. The fourth-order valence-electron chi connectivity index (χ4n) is 3.73. The zero-order valence-electron chi connectivity index (χ0n) is 19.3. The van der Waals surface area contributed by atoms with Gasteiger partial charge in [-0.1, -0.05) is 26.0 Å². The molecule has 1 aromatic carbocycles. The molecule has 1 atom stereocenters. The molecule has 0 saturated carbocycles. The first-order chi connectivity index (χ1) is 14.5. The highest BCUT2D eigenvalue weighted by atomic mass is 16.6. The van der Waals surface area contributed by atoms with Crippen molar-refractivity contribution in [1.29, 1.82) is 0 Å². The number of hydrogen-bond acceptors (Lipinski definition) is 6. The summed E-state index contributed by atoms with van der Waals surface area (Å²) >= 11 is 0. The molecule has 1 unspecified atom stereocenters. The second-order valence-corrected chi connectivity index (χ2v) is 9.54. The molecule has 0 bridgehead atoms. The first kappa shape index (κ1) is 22.9. The van der Waals surface area contributed by atoms with Crippen molar-refractivity contribution in [3.8, 4) is 5.75 Å². The Morgan fingerprint density at radius 1 is 1.29 bits per heavy atom. The monoisotopic (exact) mass is 430 g/mol. The average Bonchev–Trinajstić information content (AvgIpc) is 3.07. The Bertz CT molecular complexity index is 897. The highest BCUT2D eigenvalue weighted by molar-refractivity contribution is 5.70. The molecule has 1 aromatic heterocycles. The molecule has 2 aromatic rings. The van der Waals surface area contributed by atoms with Gasteiger partial charge in [0.15, 0.2) is 0 Å². The number of anilines is 1.